The van der Waals surface area contributed by atoms with Crippen LogP contribution in [-0.2, 0) is 11.3 Å². The van der Waals surface area contributed by atoms with E-state index in [2.05, 4.69) is 29.0 Å². The van der Waals surface area contributed by atoms with Crippen LogP contribution < -0.4 is 0 Å². The predicted molar refractivity (Wildman–Crippen MR) is 129 cm³/mol. The zero-order chi connectivity index (χ0) is 24.8. The number of nitrogens with zero attached hydrogens (tertiary/aromatic N) is 4. The van der Waals surface area contributed by atoms with Crippen LogP contribution in [0.2, 0.25) is 0 Å². The molecule has 0 saturated heterocycles. The summed E-state index contributed by atoms with van der Waals surface area (Å²) in [6.07, 6.45) is 8.70. The smallest absolute Gasteiger partial charge is 0.266 e. The molecule has 3 saturated carbocycles. The van der Waals surface area contributed by atoms with E-state index in [0.717, 1.165) is 44.0 Å². The van der Waals surface area contributed by atoms with Crippen LogP contribution in [0.15, 0.2) is 18.5 Å². The molecule has 192 valence electrons. The Balaban J connectivity index is 1.30. The lowest BCUT2D eigenvalue weighted by molar-refractivity contribution is -0.135. The first kappa shape index (κ1) is 24.7. The number of carbonyl (C=O) groups is 1. The Kier molecular flexibility index (Phi) is 6.70. The van der Waals surface area contributed by atoms with Crippen molar-refractivity contribution in [2.24, 2.45) is 35.0 Å². The fourth-order valence-electron chi connectivity index (χ4n) is 8.10. The van der Waals surface area contributed by atoms with Gasteiger partial charge in [-0.3, -0.25) is 9.78 Å². The molecule has 5 atom stereocenters. The minimum atomic E-state index is -2.66. The van der Waals surface area contributed by atoms with Crippen molar-refractivity contribution < 1.29 is 18.7 Å². The molecule has 3 aliphatic rings. The van der Waals surface area contributed by atoms with Gasteiger partial charge in [-0.1, -0.05) is 26.7 Å². The number of aromatic nitrogens is 4. The van der Waals surface area contributed by atoms with E-state index in [-0.39, 0.29) is 36.5 Å². The normalized spacial score (nSPS) is 37.6. The molecule has 0 bridgehead atoms. The van der Waals surface area contributed by atoms with Crippen molar-refractivity contribution in [3.05, 3.63) is 18.5 Å². The molecule has 0 radical (unpaired) electrons. The topological polar surface area (TPSA) is 80.9 Å². The van der Waals surface area contributed by atoms with Crippen molar-refractivity contribution in [1.29, 1.82) is 0 Å². The third-order valence-electron chi connectivity index (χ3n) is 9.93. The fourth-order valence-corrected chi connectivity index (χ4v) is 8.10. The number of carbonyl (C=O) groups excluding carboxylic acids is 1. The molecule has 2 aromatic heterocycles. The summed E-state index contributed by atoms with van der Waals surface area (Å²) >= 11 is 0. The van der Waals surface area contributed by atoms with Crippen molar-refractivity contribution >= 4 is 16.8 Å². The number of Topliss-reactive ketones (excluding diaryl/α,β-unsaturated/α-hetero) is 1. The number of alkyl halides is 2. The van der Waals surface area contributed by atoms with Gasteiger partial charge in [-0.2, -0.15) is 15.0 Å². The second-order valence-electron chi connectivity index (χ2n) is 11.7. The first-order chi connectivity index (χ1) is 16.7. The van der Waals surface area contributed by atoms with Gasteiger partial charge < -0.3 is 5.11 Å². The Morgan fingerprint density at radius 3 is 2.57 bits per heavy atom. The van der Waals surface area contributed by atoms with Gasteiger partial charge in [0, 0.05) is 12.1 Å². The number of rotatable bonds is 7. The van der Waals surface area contributed by atoms with E-state index in [9.17, 15) is 18.7 Å². The maximum atomic E-state index is 13.5. The molecular formula is C27H38F2N4O2. The van der Waals surface area contributed by atoms with E-state index < -0.39 is 12.0 Å². The highest BCUT2D eigenvalue weighted by atomic mass is 19.3. The van der Waals surface area contributed by atoms with E-state index in [4.69, 9.17) is 0 Å². The van der Waals surface area contributed by atoms with Crippen LogP contribution >= 0.6 is 0 Å². The molecule has 0 aliphatic heterocycles. The average molecular weight is 489 g/mol. The maximum Gasteiger partial charge on any atom is 0.266 e. The molecule has 6 nitrogen and oxygen atoms in total. The van der Waals surface area contributed by atoms with Gasteiger partial charge in [0.25, 0.3) is 6.43 Å². The van der Waals surface area contributed by atoms with Gasteiger partial charge in [0.15, 0.2) is 5.78 Å². The second kappa shape index (κ2) is 9.49. The van der Waals surface area contributed by atoms with Crippen molar-refractivity contribution in [2.45, 2.75) is 96.6 Å². The molecule has 0 unspecified atom stereocenters. The minimum absolute atomic E-state index is 0.00956. The van der Waals surface area contributed by atoms with E-state index in [1.54, 1.807) is 18.5 Å². The van der Waals surface area contributed by atoms with Gasteiger partial charge >= 0.3 is 0 Å². The van der Waals surface area contributed by atoms with Crippen LogP contribution in [0, 0.1) is 35.0 Å². The van der Waals surface area contributed by atoms with Crippen molar-refractivity contribution in [3.63, 3.8) is 0 Å². The number of hydrogen-bond acceptors (Lipinski definition) is 5. The van der Waals surface area contributed by atoms with Crippen molar-refractivity contribution in [1.82, 2.24) is 20.0 Å². The Bertz CT molecular complexity index is 1020. The summed E-state index contributed by atoms with van der Waals surface area (Å²) in [5.41, 5.74) is -0.379. The largest absolute Gasteiger partial charge is 0.384 e. The lowest BCUT2D eigenvalue weighted by atomic mass is 9.53. The van der Waals surface area contributed by atoms with Crippen LogP contribution in [0.4, 0.5) is 8.78 Å². The number of hydrogen-bond donors (Lipinski definition) is 1. The number of aliphatic hydroxyl groups is 1. The highest BCUT2D eigenvalue weighted by molar-refractivity contribution is 5.82. The molecule has 0 spiro atoms. The van der Waals surface area contributed by atoms with E-state index in [1.165, 1.54) is 4.80 Å². The highest BCUT2D eigenvalue weighted by Crippen LogP contribution is 2.62. The second-order valence-corrected chi connectivity index (χ2v) is 11.7. The SMILES string of the molecule is CCC[C@@H]1[C@@H](C2CCC(O)(C(F)F)CC2)CC[C@]2(C)[C@H](C(=O)Cn3nc4ccncc4n3)CC[C@@H]12. The van der Waals surface area contributed by atoms with Gasteiger partial charge in [-0.25, -0.2) is 8.78 Å². The Labute approximate surface area is 205 Å². The maximum absolute atomic E-state index is 13.5. The standard InChI is InChI=1S/C27H38F2N4O2/c1-3-4-19-18(17-7-12-27(35,13-8-17)25(28)29)9-11-26(2)20(19)5-6-21(26)24(34)16-33-31-22-10-14-30-15-23(22)32-33/h10,14-15,17-21,25,35H,3-9,11-13,16H2,1-2H3/t17?,18-,19-,20+,21+,26+,27?/m1/s1. The molecule has 5 rings (SSSR count). The molecule has 0 aromatic carbocycles. The summed E-state index contributed by atoms with van der Waals surface area (Å²) in [5.74, 6) is 2.15. The first-order valence-corrected chi connectivity index (χ1v) is 13.4. The van der Waals surface area contributed by atoms with Crippen molar-refractivity contribution in [3.8, 4) is 0 Å². The molecule has 35 heavy (non-hydrogen) atoms. The monoisotopic (exact) mass is 488 g/mol. The summed E-state index contributed by atoms with van der Waals surface area (Å²) in [5, 5.41) is 19.2. The van der Waals surface area contributed by atoms with E-state index in [1.807, 2.05) is 0 Å². The van der Waals surface area contributed by atoms with Crippen molar-refractivity contribution in [2.75, 3.05) is 0 Å². The average Bonchev–Trinajstić information content (AvgIpc) is 3.40. The van der Waals surface area contributed by atoms with Crippen LogP contribution in [0.5, 0.6) is 0 Å². The molecule has 0 amide bonds. The van der Waals surface area contributed by atoms with Gasteiger partial charge in [-0.05, 0) is 86.5 Å². The number of ketones is 1. The van der Waals surface area contributed by atoms with Crippen LogP contribution in [0.3, 0.4) is 0 Å². The van der Waals surface area contributed by atoms with Gasteiger partial charge in [0.05, 0.1) is 6.20 Å². The first-order valence-electron chi connectivity index (χ1n) is 13.4. The Morgan fingerprint density at radius 2 is 1.89 bits per heavy atom. The van der Waals surface area contributed by atoms with Gasteiger partial charge in [-0.15, -0.1) is 0 Å². The third kappa shape index (κ3) is 4.40. The lowest BCUT2D eigenvalue weighted by Gasteiger charge is -2.52. The molecule has 1 N–H and O–H groups in total. The van der Waals surface area contributed by atoms with E-state index >= 15 is 0 Å². The van der Waals surface area contributed by atoms with Gasteiger partial charge in [0.2, 0.25) is 0 Å². The molecule has 8 heteroatoms. The molecule has 2 aromatic rings. The summed E-state index contributed by atoms with van der Waals surface area (Å²) < 4.78 is 26.7. The summed E-state index contributed by atoms with van der Waals surface area (Å²) in [6.45, 7) is 4.73. The summed E-state index contributed by atoms with van der Waals surface area (Å²) in [4.78, 5) is 19.1. The molecule has 3 aliphatic carbocycles. The van der Waals surface area contributed by atoms with Crippen LogP contribution in [-0.4, -0.2) is 42.9 Å². The Hall–Kier alpha value is -1.96. The quantitative estimate of drug-likeness (QED) is 0.561. The van der Waals surface area contributed by atoms with Gasteiger partial charge in [0.1, 0.15) is 23.2 Å². The molecule has 2 heterocycles. The summed E-state index contributed by atoms with van der Waals surface area (Å²) in [6, 6.07) is 1.81. The number of fused-ring (bicyclic) bond motifs is 2. The fraction of sp³-hybridized carbons (Fsp3) is 0.778. The minimum Gasteiger partial charge on any atom is -0.384 e. The number of pyridine rings is 1. The third-order valence-corrected chi connectivity index (χ3v) is 9.93. The molecule has 3 fully saturated rings. The van der Waals surface area contributed by atoms with Crippen LogP contribution in [0.1, 0.15) is 78.1 Å². The zero-order valence-corrected chi connectivity index (χ0v) is 20.9. The Morgan fingerprint density at radius 1 is 1.14 bits per heavy atom. The number of halogens is 2. The summed E-state index contributed by atoms with van der Waals surface area (Å²) in [7, 11) is 0. The highest BCUT2D eigenvalue weighted by Gasteiger charge is 2.56. The predicted octanol–water partition coefficient (Wildman–Crippen LogP) is 5.44. The molecular weight excluding hydrogens is 450 g/mol. The lowest BCUT2D eigenvalue weighted by Crippen LogP contribution is -2.48. The zero-order valence-electron chi connectivity index (χ0n) is 20.9. The van der Waals surface area contributed by atoms with Crippen LogP contribution in [0.25, 0.3) is 11.0 Å². The van der Waals surface area contributed by atoms with E-state index in [0.29, 0.717) is 42.0 Å².